The number of esters is 1. The smallest absolute Gasteiger partial charge is 0.305 e. The first kappa shape index (κ1) is 12.4. The Morgan fingerprint density at radius 1 is 1.15 bits per heavy atom. The van der Waals surface area contributed by atoms with E-state index in [0.717, 1.165) is 0 Å². The molecule has 0 spiro atoms. The fourth-order valence-electron chi connectivity index (χ4n) is 0.638. The van der Waals surface area contributed by atoms with Crippen molar-refractivity contribution in [1.29, 1.82) is 0 Å². The van der Waals surface area contributed by atoms with Crippen LogP contribution >= 0.6 is 0 Å². The minimum atomic E-state index is -0.197. The summed E-state index contributed by atoms with van der Waals surface area (Å²) in [6.07, 6.45) is 0.407. The highest BCUT2D eigenvalue weighted by molar-refractivity contribution is 5.68. The van der Waals surface area contributed by atoms with Crippen LogP contribution in [0.25, 0.3) is 0 Å². The van der Waals surface area contributed by atoms with Gasteiger partial charge in [0.2, 0.25) is 0 Å². The highest BCUT2D eigenvalue weighted by Gasteiger charge is 1.96. The van der Waals surface area contributed by atoms with Crippen LogP contribution in [-0.2, 0) is 19.0 Å². The molecule has 0 saturated heterocycles. The molecule has 0 aromatic rings. The molecule has 13 heavy (non-hydrogen) atoms. The van der Waals surface area contributed by atoms with E-state index in [0.29, 0.717) is 39.5 Å². The van der Waals surface area contributed by atoms with Crippen LogP contribution in [0.2, 0.25) is 0 Å². The predicted octanol–water partition coefficient (Wildman–Crippen LogP) is 0.807. The van der Waals surface area contributed by atoms with Crippen molar-refractivity contribution in [1.82, 2.24) is 0 Å². The lowest BCUT2D eigenvalue weighted by atomic mass is 10.5. The van der Waals surface area contributed by atoms with Gasteiger partial charge in [-0.05, 0) is 6.92 Å². The molecule has 0 aliphatic carbocycles. The van der Waals surface area contributed by atoms with E-state index in [2.05, 4.69) is 6.92 Å². The van der Waals surface area contributed by atoms with Gasteiger partial charge in [0, 0.05) is 13.0 Å². The maximum absolute atomic E-state index is 10.6. The largest absolute Gasteiger partial charge is 0.463 e. The van der Waals surface area contributed by atoms with E-state index in [1.165, 1.54) is 0 Å². The molecule has 0 unspecified atom stereocenters. The van der Waals surface area contributed by atoms with Crippen LogP contribution in [0.1, 0.15) is 13.3 Å². The first-order valence-electron chi connectivity index (χ1n) is 4.41. The van der Waals surface area contributed by atoms with Crippen molar-refractivity contribution in [3.8, 4) is 0 Å². The van der Waals surface area contributed by atoms with E-state index < -0.39 is 0 Å². The second-order valence-corrected chi connectivity index (χ2v) is 2.30. The van der Waals surface area contributed by atoms with E-state index >= 15 is 0 Å². The molecule has 0 aliphatic heterocycles. The van der Waals surface area contributed by atoms with Gasteiger partial charge in [-0.1, -0.05) is 6.92 Å². The zero-order valence-electron chi connectivity index (χ0n) is 8.08. The fourth-order valence-corrected chi connectivity index (χ4v) is 0.638. The van der Waals surface area contributed by atoms with Crippen molar-refractivity contribution >= 4 is 5.97 Å². The van der Waals surface area contributed by atoms with E-state index in [9.17, 15) is 4.79 Å². The Morgan fingerprint density at radius 3 is 2.38 bits per heavy atom. The molecule has 4 heteroatoms. The Bertz CT molecular complexity index is 125. The van der Waals surface area contributed by atoms with Crippen LogP contribution in [0.4, 0.5) is 0 Å². The number of hydrogen-bond donors (Lipinski definition) is 0. The lowest BCUT2D eigenvalue weighted by molar-refractivity contribution is -0.144. The number of ether oxygens (including phenoxy) is 3. The minimum Gasteiger partial charge on any atom is -0.463 e. The summed E-state index contributed by atoms with van der Waals surface area (Å²) in [6, 6.07) is 0. The SMILES string of the molecule is [CH2]COCCOCCOC(=O)CC. The second-order valence-electron chi connectivity index (χ2n) is 2.30. The summed E-state index contributed by atoms with van der Waals surface area (Å²) < 4.78 is 14.8. The average molecular weight is 189 g/mol. The Labute approximate surface area is 79.2 Å². The average Bonchev–Trinajstić information content (AvgIpc) is 2.16. The number of carbonyl (C=O) groups is 1. The van der Waals surface area contributed by atoms with E-state index in [-0.39, 0.29) is 5.97 Å². The van der Waals surface area contributed by atoms with Gasteiger partial charge in [-0.2, -0.15) is 0 Å². The molecule has 1 radical (unpaired) electrons. The lowest BCUT2D eigenvalue weighted by Gasteiger charge is -2.04. The van der Waals surface area contributed by atoms with Crippen LogP contribution in [0.3, 0.4) is 0 Å². The second kappa shape index (κ2) is 9.48. The summed E-state index contributed by atoms with van der Waals surface area (Å²) in [5, 5.41) is 0. The zero-order valence-corrected chi connectivity index (χ0v) is 8.08. The van der Waals surface area contributed by atoms with Crippen molar-refractivity contribution in [3.63, 3.8) is 0 Å². The summed E-state index contributed by atoms with van der Waals surface area (Å²) in [4.78, 5) is 10.6. The summed E-state index contributed by atoms with van der Waals surface area (Å²) >= 11 is 0. The Kier molecular flexibility index (Phi) is 9.03. The topological polar surface area (TPSA) is 44.8 Å². The van der Waals surface area contributed by atoms with Crippen LogP contribution in [-0.4, -0.2) is 39.0 Å². The van der Waals surface area contributed by atoms with Gasteiger partial charge in [-0.3, -0.25) is 4.79 Å². The highest BCUT2D eigenvalue weighted by atomic mass is 16.6. The van der Waals surface area contributed by atoms with Crippen molar-refractivity contribution in [2.24, 2.45) is 0 Å². The highest BCUT2D eigenvalue weighted by Crippen LogP contribution is 1.85. The van der Waals surface area contributed by atoms with Crippen LogP contribution in [0.15, 0.2) is 0 Å². The molecule has 0 saturated carbocycles. The normalized spacial score (nSPS) is 10.0. The van der Waals surface area contributed by atoms with Crippen LogP contribution in [0, 0.1) is 6.92 Å². The molecule has 77 valence electrons. The summed E-state index contributed by atoms with van der Waals surface area (Å²) in [5.74, 6) is -0.197. The van der Waals surface area contributed by atoms with Gasteiger partial charge < -0.3 is 14.2 Å². The third-order valence-electron chi connectivity index (χ3n) is 1.30. The number of carbonyl (C=O) groups excluding carboxylic acids is 1. The Morgan fingerprint density at radius 2 is 1.77 bits per heavy atom. The third-order valence-corrected chi connectivity index (χ3v) is 1.30. The van der Waals surface area contributed by atoms with Crippen molar-refractivity contribution in [2.45, 2.75) is 13.3 Å². The molecular formula is C9H17O4. The van der Waals surface area contributed by atoms with Crippen LogP contribution < -0.4 is 0 Å². The van der Waals surface area contributed by atoms with Gasteiger partial charge in [-0.25, -0.2) is 0 Å². The van der Waals surface area contributed by atoms with E-state index in [1.54, 1.807) is 6.92 Å². The molecule has 0 rings (SSSR count). The van der Waals surface area contributed by atoms with Crippen molar-refractivity contribution in [2.75, 3.05) is 33.0 Å². The molecule has 4 nitrogen and oxygen atoms in total. The van der Waals surface area contributed by atoms with Crippen molar-refractivity contribution in [3.05, 3.63) is 6.92 Å². The summed E-state index contributed by atoms with van der Waals surface area (Å²) in [5.41, 5.74) is 0. The Hall–Kier alpha value is -0.610. The lowest BCUT2D eigenvalue weighted by Crippen LogP contribution is -2.12. The van der Waals surface area contributed by atoms with Gasteiger partial charge in [-0.15, -0.1) is 0 Å². The van der Waals surface area contributed by atoms with Crippen molar-refractivity contribution < 1.29 is 19.0 Å². The molecule has 0 aliphatic rings. The first-order chi connectivity index (χ1) is 6.31. The van der Waals surface area contributed by atoms with Gasteiger partial charge in [0.25, 0.3) is 0 Å². The monoisotopic (exact) mass is 189 g/mol. The summed E-state index contributed by atoms with van der Waals surface area (Å²) in [6.45, 7) is 7.50. The number of rotatable bonds is 8. The predicted molar refractivity (Wildman–Crippen MR) is 48.2 cm³/mol. The molecule has 0 aromatic heterocycles. The molecule has 0 bridgehead atoms. The van der Waals surface area contributed by atoms with Crippen LogP contribution in [0.5, 0.6) is 0 Å². The van der Waals surface area contributed by atoms with E-state index in [1.807, 2.05) is 0 Å². The number of hydrogen-bond acceptors (Lipinski definition) is 4. The molecule has 0 amide bonds. The van der Waals surface area contributed by atoms with Gasteiger partial charge in [0.15, 0.2) is 0 Å². The maximum Gasteiger partial charge on any atom is 0.305 e. The van der Waals surface area contributed by atoms with Gasteiger partial charge >= 0.3 is 5.97 Å². The molecule has 0 N–H and O–H groups in total. The molecule has 0 heterocycles. The summed E-state index contributed by atoms with van der Waals surface area (Å²) in [7, 11) is 0. The molecular weight excluding hydrogens is 172 g/mol. The Balaban J connectivity index is 2.95. The maximum atomic E-state index is 10.6. The fraction of sp³-hybridized carbons (Fsp3) is 0.778. The molecule has 0 atom stereocenters. The molecule has 0 fully saturated rings. The molecule has 0 aromatic carbocycles. The first-order valence-corrected chi connectivity index (χ1v) is 4.41. The van der Waals surface area contributed by atoms with E-state index in [4.69, 9.17) is 14.2 Å². The third kappa shape index (κ3) is 9.30. The standard InChI is InChI=1S/C9H17O4/c1-3-9(10)13-8-7-12-6-5-11-4-2/h2-8H2,1H3. The van der Waals surface area contributed by atoms with Gasteiger partial charge in [0.05, 0.1) is 19.8 Å². The zero-order chi connectivity index (χ0) is 9.94. The van der Waals surface area contributed by atoms with Gasteiger partial charge in [0.1, 0.15) is 6.61 Å². The minimum absolute atomic E-state index is 0.197. The quantitative estimate of drug-likeness (QED) is 0.418.